The van der Waals surface area contributed by atoms with Gasteiger partial charge in [-0.3, -0.25) is 0 Å². The lowest BCUT2D eigenvalue weighted by molar-refractivity contribution is 0.0516. The number of amides is 4. The van der Waals surface area contributed by atoms with E-state index in [4.69, 9.17) is 28.4 Å². The molecule has 76 heavy (non-hydrogen) atoms. The molecule has 2 aliphatic rings. The molecule has 6 N–H and O–H groups in total. The van der Waals surface area contributed by atoms with Crippen molar-refractivity contribution in [2.75, 3.05) is 120 Å². The minimum Gasteiger partial charge on any atom is -0.484 e. The van der Waals surface area contributed by atoms with Crippen molar-refractivity contribution >= 4 is 32.1 Å². The number of sulfonamides is 2. The van der Waals surface area contributed by atoms with Crippen LogP contribution in [0.2, 0.25) is 0 Å². The Morgan fingerprint density at radius 3 is 1.18 bits per heavy atom. The number of nitrogens with one attached hydrogen (secondary N) is 6. The monoisotopic (exact) mass is 1100 g/mol. The zero-order valence-corrected chi connectivity index (χ0v) is 45.1. The van der Waals surface area contributed by atoms with E-state index in [1.54, 1.807) is 36.4 Å². The fourth-order valence-electron chi connectivity index (χ4n) is 8.55. The number of halogens is 2. The van der Waals surface area contributed by atoms with Crippen LogP contribution in [0.3, 0.4) is 0 Å². The molecule has 0 spiro atoms. The number of hydrogen-bond donors (Lipinski definition) is 6. The molecule has 0 saturated heterocycles. The molecule has 20 nitrogen and oxygen atoms in total. The molecule has 2 unspecified atom stereocenters. The fourth-order valence-corrected chi connectivity index (χ4v) is 10.6. The minimum atomic E-state index is -3.80. The van der Waals surface area contributed by atoms with E-state index in [-0.39, 0.29) is 125 Å². The SMILES string of the molecule is CN(C)C1Cc2ccc(F)cc2[C@@H]1Oc1ccc(S(=O)(=O)NCCOCCOCCNC(=O)NCCCCNC(=O)NCCOCCOCCNS(=O)(=O)c2ccc(O[C@H]3c4cc(F)ccc4CC3N(C)C)cc2)cc1. The first kappa shape index (κ1) is 59.7. The summed E-state index contributed by atoms with van der Waals surface area (Å²) in [5, 5.41) is 10.9. The Kier molecular flexibility index (Phi) is 23.4. The molecule has 418 valence electrons. The molecule has 4 aromatic carbocycles. The van der Waals surface area contributed by atoms with Gasteiger partial charge >= 0.3 is 12.1 Å². The van der Waals surface area contributed by atoms with Gasteiger partial charge in [-0.05, 0) is 138 Å². The second-order valence-corrected chi connectivity index (χ2v) is 22.0. The lowest BCUT2D eigenvalue weighted by atomic mass is 10.1. The van der Waals surface area contributed by atoms with Crippen LogP contribution in [-0.2, 0) is 51.8 Å². The van der Waals surface area contributed by atoms with Crippen molar-refractivity contribution < 1.29 is 63.6 Å². The molecular weight excluding hydrogens is 1030 g/mol. The Hall–Kier alpha value is -5.54. The molecule has 0 aromatic heterocycles. The van der Waals surface area contributed by atoms with Crippen molar-refractivity contribution in [3.05, 3.63) is 119 Å². The molecule has 24 heteroatoms. The normalized spacial score (nSPS) is 17.1. The summed E-state index contributed by atoms with van der Waals surface area (Å²) in [6.07, 6.45) is 1.91. The van der Waals surface area contributed by atoms with E-state index in [1.807, 2.05) is 38.0 Å². The van der Waals surface area contributed by atoms with Crippen molar-refractivity contribution in [3.63, 3.8) is 0 Å². The third-order valence-corrected chi connectivity index (χ3v) is 15.5. The van der Waals surface area contributed by atoms with Gasteiger partial charge in [-0.1, -0.05) is 12.1 Å². The van der Waals surface area contributed by atoms with Crippen molar-refractivity contribution in [2.24, 2.45) is 0 Å². The molecule has 0 bridgehead atoms. The third-order valence-electron chi connectivity index (χ3n) is 12.6. The standard InChI is InChI=1S/C52H72F2N8O12S2/c1-61(2)47-33-37-7-9-39(53)35-45(37)49(47)73-41-11-15-43(16-12-41)75(65,66)59-23-27-71-31-29-69-25-21-57-51(63)55-19-5-6-20-56-52(64)58-22-26-70-30-32-72-28-24-60-76(67,68)44-17-13-42(14-18-44)74-50-46-36-40(54)10-8-38(46)34-48(50)62(3)4/h7-18,35-36,47-50,59-60H,5-6,19-34H2,1-4H3,(H2,55,57,63)(H2,56,58,64)/t47?,48?,49-,50-/m0/s1. The van der Waals surface area contributed by atoms with Crippen LogP contribution >= 0.6 is 0 Å². The summed E-state index contributed by atoms with van der Waals surface area (Å²) in [7, 11) is 0.173. The van der Waals surface area contributed by atoms with Gasteiger partial charge in [0.15, 0.2) is 0 Å². The van der Waals surface area contributed by atoms with Crippen LogP contribution in [-0.4, -0.2) is 171 Å². The second-order valence-electron chi connectivity index (χ2n) is 18.5. The maximum absolute atomic E-state index is 14.0. The average molecular weight is 1100 g/mol. The minimum absolute atomic E-state index is 0.000486. The zero-order chi connectivity index (χ0) is 54.5. The number of benzene rings is 4. The molecule has 0 fully saturated rings. The number of nitrogens with zero attached hydrogens (tertiary/aromatic N) is 2. The number of ether oxygens (including phenoxy) is 6. The molecule has 0 heterocycles. The topological polar surface area (TPSA) is 236 Å². The van der Waals surface area contributed by atoms with Crippen LogP contribution in [0.25, 0.3) is 0 Å². The molecule has 0 saturated carbocycles. The molecule has 2 aliphatic carbocycles. The van der Waals surface area contributed by atoms with Crippen molar-refractivity contribution in [1.29, 1.82) is 0 Å². The summed E-state index contributed by atoms with van der Waals surface area (Å²) in [6.45, 7) is 3.20. The number of rotatable bonds is 33. The van der Waals surface area contributed by atoms with Crippen molar-refractivity contribution in [1.82, 2.24) is 40.5 Å². The van der Waals surface area contributed by atoms with E-state index >= 15 is 0 Å². The second kappa shape index (κ2) is 29.8. The smallest absolute Gasteiger partial charge is 0.314 e. The summed E-state index contributed by atoms with van der Waals surface area (Å²) in [6, 6.07) is 20.9. The molecular formula is C52H72F2N8O12S2. The number of fused-ring (bicyclic) bond motifs is 2. The van der Waals surface area contributed by atoms with Crippen LogP contribution in [0.5, 0.6) is 11.5 Å². The Balaban J connectivity index is 0.688. The maximum atomic E-state index is 14.0. The van der Waals surface area contributed by atoms with Gasteiger partial charge in [0.2, 0.25) is 20.0 Å². The molecule has 0 aliphatic heterocycles. The van der Waals surface area contributed by atoms with E-state index in [1.165, 1.54) is 48.5 Å². The van der Waals surface area contributed by atoms with Crippen LogP contribution in [0.15, 0.2) is 94.7 Å². The Labute approximate surface area is 444 Å². The lowest BCUT2D eigenvalue weighted by Crippen LogP contribution is -2.39. The summed E-state index contributed by atoms with van der Waals surface area (Å²) in [4.78, 5) is 28.4. The number of unbranched alkanes of at least 4 members (excludes halogenated alkanes) is 1. The van der Waals surface area contributed by atoms with Crippen molar-refractivity contribution in [2.45, 2.75) is 59.8 Å². The van der Waals surface area contributed by atoms with Gasteiger partial charge in [-0.2, -0.15) is 0 Å². The summed E-state index contributed by atoms with van der Waals surface area (Å²) in [5.74, 6) is 0.278. The Morgan fingerprint density at radius 2 is 0.829 bits per heavy atom. The lowest BCUT2D eigenvalue weighted by Gasteiger charge is -2.27. The highest BCUT2D eigenvalue weighted by Crippen LogP contribution is 2.39. The highest BCUT2D eigenvalue weighted by atomic mass is 32.2. The van der Waals surface area contributed by atoms with E-state index < -0.39 is 32.3 Å². The maximum Gasteiger partial charge on any atom is 0.314 e. The van der Waals surface area contributed by atoms with E-state index in [0.29, 0.717) is 50.3 Å². The van der Waals surface area contributed by atoms with Gasteiger partial charge < -0.3 is 59.5 Å². The van der Waals surface area contributed by atoms with Gasteiger partial charge in [0.05, 0.1) is 74.7 Å². The van der Waals surface area contributed by atoms with E-state index in [0.717, 1.165) is 22.3 Å². The number of carbonyl (C=O) groups is 2. The highest BCUT2D eigenvalue weighted by molar-refractivity contribution is 7.89. The highest BCUT2D eigenvalue weighted by Gasteiger charge is 2.37. The molecule has 6 rings (SSSR count). The predicted molar refractivity (Wildman–Crippen MR) is 280 cm³/mol. The summed E-state index contributed by atoms with van der Waals surface area (Å²) < 4.78 is 119. The van der Waals surface area contributed by atoms with Crippen LogP contribution < -0.4 is 40.2 Å². The zero-order valence-electron chi connectivity index (χ0n) is 43.5. The molecule has 4 aromatic rings. The fraction of sp³-hybridized carbons (Fsp3) is 0.500. The van der Waals surface area contributed by atoms with Crippen molar-refractivity contribution in [3.8, 4) is 11.5 Å². The van der Waals surface area contributed by atoms with E-state index in [9.17, 15) is 35.2 Å². The first-order valence-corrected chi connectivity index (χ1v) is 28.2. The molecule has 4 atom stereocenters. The van der Waals surface area contributed by atoms with E-state index in [2.05, 4.69) is 30.7 Å². The summed E-state index contributed by atoms with van der Waals surface area (Å²) in [5.41, 5.74) is 3.61. The first-order valence-electron chi connectivity index (χ1n) is 25.3. The van der Waals surface area contributed by atoms with Gasteiger partial charge in [0.1, 0.15) is 35.3 Å². The molecule has 4 amide bonds. The third kappa shape index (κ3) is 18.6. The first-order chi connectivity index (χ1) is 36.5. The van der Waals surface area contributed by atoms with Gasteiger partial charge in [-0.25, -0.2) is 44.6 Å². The number of hydrogen-bond acceptors (Lipinski definition) is 14. The summed E-state index contributed by atoms with van der Waals surface area (Å²) >= 11 is 0. The van der Waals surface area contributed by atoms with Crippen LogP contribution in [0.4, 0.5) is 18.4 Å². The van der Waals surface area contributed by atoms with Crippen LogP contribution in [0.1, 0.15) is 47.3 Å². The van der Waals surface area contributed by atoms with Gasteiger partial charge in [0, 0.05) is 50.4 Å². The Morgan fingerprint density at radius 1 is 0.487 bits per heavy atom. The van der Waals surface area contributed by atoms with Gasteiger partial charge in [0.25, 0.3) is 0 Å². The Bertz CT molecular complexity index is 2510. The number of urea groups is 2. The number of carbonyl (C=O) groups excluding carboxylic acids is 2. The number of likely N-dealkylation sites (N-methyl/N-ethyl adjacent to an activating group) is 2. The van der Waals surface area contributed by atoms with Gasteiger partial charge in [-0.15, -0.1) is 0 Å². The quantitative estimate of drug-likeness (QED) is 0.0372. The largest absolute Gasteiger partial charge is 0.484 e. The average Bonchev–Trinajstić information content (AvgIpc) is 3.95. The predicted octanol–water partition coefficient (Wildman–Crippen LogP) is 3.88. The molecule has 0 radical (unpaired) electrons. The van der Waals surface area contributed by atoms with Crippen LogP contribution in [0, 0.1) is 11.6 Å².